The van der Waals surface area contributed by atoms with Crippen LogP contribution in [0.2, 0.25) is 0 Å². The van der Waals surface area contributed by atoms with Crippen LogP contribution < -0.4 is 10.6 Å². The molecule has 1 fully saturated rings. The lowest BCUT2D eigenvalue weighted by molar-refractivity contribution is -0.123. The Labute approximate surface area is 140 Å². The minimum absolute atomic E-state index is 0.00978. The first-order chi connectivity index (χ1) is 11.0. The Hall–Kier alpha value is -2.52. The zero-order valence-corrected chi connectivity index (χ0v) is 13.5. The third kappa shape index (κ3) is 3.63. The van der Waals surface area contributed by atoms with E-state index < -0.39 is 11.8 Å². The van der Waals surface area contributed by atoms with Crippen LogP contribution in [0.3, 0.4) is 0 Å². The van der Waals surface area contributed by atoms with Gasteiger partial charge in [-0.05, 0) is 55.2 Å². The van der Waals surface area contributed by atoms with Crippen LogP contribution >= 0.6 is 24.0 Å². The molecular formula is C14H10N4O3S2. The fraction of sp³-hybridized carbons (Fsp3) is 0.0714. The van der Waals surface area contributed by atoms with Crippen LogP contribution in [0.5, 0.6) is 0 Å². The number of hydrogen-bond donors (Lipinski definition) is 2. The number of nitrogens with one attached hydrogen (secondary N) is 2. The van der Waals surface area contributed by atoms with Gasteiger partial charge < -0.3 is 4.42 Å². The smallest absolute Gasteiger partial charge is 0.263 e. The van der Waals surface area contributed by atoms with E-state index in [9.17, 15) is 9.59 Å². The number of nitrogens with zero attached hydrogens (tertiary/aromatic N) is 2. The maximum Gasteiger partial charge on any atom is 0.263 e. The highest BCUT2D eigenvalue weighted by Gasteiger charge is 2.26. The summed E-state index contributed by atoms with van der Waals surface area (Å²) < 4.78 is 5.57. The van der Waals surface area contributed by atoms with Crippen LogP contribution in [0.15, 0.2) is 44.6 Å². The Morgan fingerprint density at radius 1 is 1.22 bits per heavy atom. The quantitative estimate of drug-likeness (QED) is 0.376. The SMILES string of the molecule is Cc1ccnc(Sc2ccc(C=C3C(=O)NC(=S)NC3=O)o2)n1. The summed E-state index contributed by atoms with van der Waals surface area (Å²) in [5.41, 5.74) is 0.777. The highest BCUT2D eigenvalue weighted by molar-refractivity contribution is 7.99. The Bertz CT molecular complexity index is 822. The maximum absolute atomic E-state index is 11.8. The maximum atomic E-state index is 11.8. The van der Waals surface area contributed by atoms with Crippen molar-refractivity contribution in [1.29, 1.82) is 0 Å². The van der Waals surface area contributed by atoms with Gasteiger partial charge in [-0.3, -0.25) is 20.2 Å². The number of rotatable bonds is 3. The van der Waals surface area contributed by atoms with Crippen molar-refractivity contribution in [3.63, 3.8) is 0 Å². The van der Waals surface area contributed by atoms with Gasteiger partial charge in [0.1, 0.15) is 11.3 Å². The standard InChI is InChI=1S/C14H10N4O3S2/c1-7-4-5-15-14(16-7)23-10-3-2-8(21-10)6-9-11(19)17-13(22)18-12(9)20/h2-6H,1H3,(H2,17,18,19,20,22). The fourth-order valence-corrected chi connectivity index (χ4v) is 2.72. The van der Waals surface area contributed by atoms with Crippen LogP contribution in [0.4, 0.5) is 0 Å². The molecule has 3 heterocycles. The molecule has 0 aromatic carbocycles. The molecule has 2 amide bonds. The molecule has 23 heavy (non-hydrogen) atoms. The monoisotopic (exact) mass is 346 g/mol. The molecule has 3 rings (SSSR count). The van der Waals surface area contributed by atoms with Gasteiger partial charge in [0.15, 0.2) is 15.4 Å². The largest absolute Gasteiger partial charge is 0.450 e. The van der Waals surface area contributed by atoms with Gasteiger partial charge in [-0.1, -0.05) is 0 Å². The second kappa shape index (κ2) is 6.31. The van der Waals surface area contributed by atoms with Crippen molar-refractivity contribution in [2.75, 3.05) is 0 Å². The molecule has 2 aromatic rings. The summed E-state index contributed by atoms with van der Waals surface area (Å²) in [4.78, 5) is 31.9. The number of aromatic nitrogens is 2. The van der Waals surface area contributed by atoms with E-state index in [0.717, 1.165) is 5.69 Å². The second-order valence-corrected chi connectivity index (χ2v) is 5.91. The molecule has 116 valence electrons. The van der Waals surface area contributed by atoms with Crippen molar-refractivity contribution in [2.24, 2.45) is 0 Å². The first-order valence-corrected chi connectivity index (χ1v) is 7.69. The van der Waals surface area contributed by atoms with E-state index >= 15 is 0 Å². The van der Waals surface area contributed by atoms with Gasteiger partial charge in [-0.2, -0.15) is 0 Å². The third-order valence-corrected chi connectivity index (χ3v) is 3.80. The summed E-state index contributed by atoms with van der Waals surface area (Å²) in [5, 5.41) is 5.81. The first kappa shape index (κ1) is 15.4. The van der Waals surface area contributed by atoms with E-state index in [1.165, 1.54) is 17.8 Å². The molecule has 0 unspecified atom stereocenters. The van der Waals surface area contributed by atoms with Gasteiger partial charge in [0.25, 0.3) is 11.8 Å². The van der Waals surface area contributed by atoms with Crippen molar-refractivity contribution in [3.05, 3.63) is 41.4 Å². The summed E-state index contributed by atoms with van der Waals surface area (Å²) >= 11 is 5.98. The molecule has 2 N–H and O–H groups in total. The highest BCUT2D eigenvalue weighted by Crippen LogP contribution is 2.27. The molecule has 9 heteroatoms. The van der Waals surface area contributed by atoms with Crippen molar-refractivity contribution in [2.45, 2.75) is 17.2 Å². The van der Waals surface area contributed by atoms with E-state index in [0.29, 0.717) is 16.0 Å². The van der Waals surface area contributed by atoms with Crippen LogP contribution in [0, 0.1) is 6.92 Å². The van der Waals surface area contributed by atoms with E-state index in [1.54, 1.807) is 24.4 Å². The van der Waals surface area contributed by atoms with Crippen LogP contribution in [-0.4, -0.2) is 26.9 Å². The Kier molecular flexibility index (Phi) is 4.22. The lowest BCUT2D eigenvalue weighted by Crippen LogP contribution is -2.51. The average molecular weight is 346 g/mol. The van der Waals surface area contributed by atoms with Crippen LogP contribution in [0.1, 0.15) is 11.5 Å². The van der Waals surface area contributed by atoms with Gasteiger partial charge in [0.05, 0.1) is 0 Å². The fourth-order valence-electron chi connectivity index (χ4n) is 1.78. The van der Waals surface area contributed by atoms with Crippen molar-refractivity contribution in [3.8, 4) is 0 Å². The number of carbonyl (C=O) groups is 2. The number of hydrogen-bond acceptors (Lipinski definition) is 7. The molecule has 0 atom stereocenters. The number of amides is 2. The number of thiocarbonyl (C=S) groups is 1. The molecule has 2 aromatic heterocycles. The normalized spacial score (nSPS) is 14.5. The molecule has 0 saturated carbocycles. The zero-order chi connectivity index (χ0) is 16.4. The lowest BCUT2D eigenvalue weighted by Gasteiger charge is -2.15. The Balaban J connectivity index is 1.79. The van der Waals surface area contributed by atoms with E-state index in [2.05, 4.69) is 20.6 Å². The zero-order valence-electron chi connectivity index (χ0n) is 11.8. The number of carbonyl (C=O) groups excluding carboxylic acids is 2. The lowest BCUT2D eigenvalue weighted by atomic mass is 10.1. The molecule has 0 radical (unpaired) electrons. The van der Waals surface area contributed by atoms with Crippen LogP contribution in [-0.2, 0) is 9.59 Å². The van der Waals surface area contributed by atoms with E-state index in [1.807, 2.05) is 6.92 Å². The number of furan rings is 1. The minimum atomic E-state index is -0.564. The molecule has 7 nitrogen and oxygen atoms in total. The van der Waals surface area contributed by atoms with Crippen LogP contribution in [0.25, 0.3) is 6.08 Å². The summed E-state index contributed by atoms with van der Waals surface area (Å²) in [6, 6.07) is 5.16. The van der Waals surface area contributed by atoms with Gasteiger partial charge in [0, 0.05) is 11.9 Å². The topological polar surface area (TPSA) is 97.1 Å². The molecule has 0 bridgehead atoms. The predicted octanol–water partition coefficient (Wildman–Crippen LogP) is 1.44. The second-order valence-electron chi connectivity index (χ2n) is 4.53. The average Bonchev–Trinajstić information content (AvgIpc) is 2.90. The van der Waals surface area contributed by atoms with E-state index in [-0.39, 0.29) is 10.7 Å². The van der Waals surface area contributed by atoms with Crippen molar-refractivity contribution in [1.82, 2.24) is 20.6 Å². The van der Waals surface area contributed by atoms with Gasteiger partial charge in [0.2, 0.25) is 0 Å². The van der Waals surface area contributed by atoms with Gasteiger partial charge in [-0.15, -0.1) is 0 Å². The Morgan fingerprint density at radius 2 is 1.96 bits per heavy atom. The Morgan fingerprint density at radius 3 is 2.65 bits per heavy atom. The predicted molar refractivity (Wildman–Crippen MR) is 86.5 cm³/mol. The van der Waals surface area contributed by atoms with Gasteiger partial charge >= 0.3 is 0 Å². The van der Waals surface area contributed by atoms with Crippen molar-refractivity contribution < 1.29 is 14.0 Å². The number of aryl methyl sites for hydroxylation is 1. The highest BCUT2D eigenvalue weighted by atomic mass is 32.2. The molecule has 1 aliphatic rings. The minimum Gasteiger partial charge on any atom is -0.450 e. The molecule has 1 saturated heterocycles. The van der Waals surface area contributed by atoms with E-state index in [4.69, 9.17) is 16.6 Å². The third-order valence-electron chi connectivity index (χ3n) is 2.80. The molecule has 1 aliphatic heterocycles. The molecule has 0 aliphatic carbocycles. The van der Waals surface area contributed by atoms with Gasteiger partial charge in [-0.25, -0.2) is 9.97 Å². The summed E-state index contributed by atoms with van der Waals surface area (Å²) in [6.07, 6.45) is 3.02. The summed E-state index contributed by atoms with van der Waals surface area (Å²) in [5.74, 6) is -0.758. The molecule has 0 spiro atoms. The molecular weight excluding hydrogens is 336 g/mol. The summed E-state index contributed by atoms with van der Waals surface area (Å²) in [7, 11) is 0. The first-order valence-electron chi connectivity index (χ1n) is 6.47. The van der Waals surface area contributed by atoms with Crippen molar-refractivity contribution >= 4 is 47.0 Å². The summed E-state index contributed by atoms with van der Waals surface area (Å²) in [6.45, 7) is 1.87.